The fraction of sp³-hybridized carbons (Fsp3) is 0.118. The molecule has 0 fully saturated rings. The fourth-order valence-electron chi connectivity index (χ4n) is 8.37. The molecule has 7 heteroatoms. The van der Waals surface area contributed by atoms with E-state index in [0.29, 0.717) is 12.4 Å². The Kier molecular flexibility index (Phi) is 9.86. The number of pyridine rings is 1. The van der Waals surface area contributed by atoms with Crippen LogP contribution in [0, 0.1) is 13.8 Å². The Balaban J connectivity index is 1.30. The highest BCUT2D eigenvalue weighted by Crippen LogP contribution is 2.44. The Labute approximate surface area is 339 Å². The summed E-state index contributed by atoms with van der Waals surface area (Å²) in [6.07, 6.45) is 0.819. The lowest BCUT2D eigenvalue weighted by Gasteiger charge is -2.36. The molecule has 0 unspecified atom stereocenters. The van der Waals surface area contributed by atoms with Crippen LogP contribution in [0.3, 0.4) is 0 Å². The quantitative estimate of drug-likeness (QED) is 0.0971. The van der Waals surface area contributed by atoms with Crippen LogP contribution in [0.5, 0.6) is 0 Å². The van der Waals surface area contributed by atoms with Crippen LogP contribution < -0.4 is 0 Å². The van der Waals surface area contributed by atoms with Gasteiger partial charge in [0.25, 0.3) is 0 Å². The molecule has 0 amide bonds. The Bertz CT molecular complexity index is 2730. The second kappa shape index (κ2) is 15.7. The molecule has 0 saturated heterocycles. The van der Waals surface area contributed by atoms with Crippen LogP contribution in [0.1, 0.15) is 68.8 Å². The summed E-state index contributed by atoms with van der Waals surface area (Å²) in [4.78, 5) is 9.94. The minimum Gasteiger partial charge on any atom is -0.308 e. The van der Waals surface area contributed by atoms with Crippen molar-refractivity contribution in [2.75, 3.05) is 0 Å². The smallest absolute Gasteiger partial charge is 0.184 e. The van der Waals surface area contributed by atoms with Crippen LogP contribution in [-0.4, -0.2) is 34.7 Å². The molecule has 0 saturated carbocycles. The molecule has 0 bridgehead atoms. The first-order valence-electron chi connectivity index (χ1n) is 19.8. The molecule has 3 aromatic heterocycles. The van der Waals surface area contributed by atoms with E-state index in [-0.39, 0.29) is 0 Å². The summed E-state index contributed by atoms with van der Waals surface area (Å²) in [7, 11) is 0. The second-order valence-corrected chi connectivity index (χ2v) is 14.6. The van der Waals surface area contributed by atoms with Gasteiger partial charge in [-0.1, -0.05) is 183 Å². The molecule has 6 aromatic carbocycles. The third-order valence-electron chi connectivity index (χ3n) is 11.0. The van der Waals surface area contributed by atoms with E-state index >= 15 is 0 Å². The maximum atomic E-state index is 5.00. The number of nitrogens with zero attached hydrogens (tertiary/aromatic N) is 7. The topological polar surface area (TPSA) is 74.3 Å². The normalized spacial score (nSPS) is 12.1. The molecular formula is C51H43N7. The van der Waals surface area contributed by atoms with E-state index in [1.807, 2.05) is 35.9 Å². The van der Waals surface area contributed by atoms with Gasteiger partial charge in [-0.05, 0) is 74.8 Å². The van der Waals surface area contributed by atoms with Gasteiger partial charge in [-0.2, -0.15) is 0 Å². The van der Waals surface area contributed by atoms with Crippen molar-refractivity contribution in [3.8, 4) is 0 Å². The Morgan fingerprint density at radius 2 is 1.03 bits per heavy atom. The van der Waals surface area contributed by atoms with Gasteiger partial charge in [-0.15, -0.1) is 5.10 Å². The van der Waals surface area contributed by atoms with E-state index in [1.165, 1.54) is 0 Å². The molecule has 0 aliphatic rings. The second-order valence-electron chi connectivity index (χ2n) is 14.6. The van der Waals surface area contributed by atoms with Gasteiger partial charge in [0.1, 0.15) is 16.9 Å². The standard InChI is InChI=1S/C51H43N7/c1-4-45-53-48-36(2)34-37(3)52-50(48)57(45)35-38-30-32-41(33-31-38)46(39-20-10-5-11-21-39)47(40-22-12-6-13-23-40)49-54-55-56-58(49)51(42-24-14-7-15-25-42,43-26-16-8-17-27-43)44-28-18-9-19-29-44/h5-34H,4,35H2,1-3H3. The highest BCUT2D eigenvalue weighted by Gasteiger charge is 2.42. The summed E-state index contributed by atoms with van der Waals surface area (Å²) < 4.78 is 4.29. The number of rotatable bonds is 11. The van der Waals surface area contributed by atoms with Crippen LogP contribution in [0.25, 0.3) is 22.3 Å². The number of aromatic nitrogens is 7. The number of benzene rings is 6. The van der Waals surface area contributed by atoms with Crippen molar-refractivity contribution >= 4 is 22.3 Å². The monoisotopic (exact) mass is 753 g/mol. The van der Waals surface area contributed by atoms with Gasteiger partial charge >= 0.3 is 0 Å². The summed E-state index contributed by atoms with van der Waals surface area (Å²) in [5.74, 6) is 1.67. The zero-order valence-corrected chi connectivity index (χ0v) is 32.9. The number of hydrogen-bond acceptors (Lipinski definition) is 5. The molecule has 282 valence electrons. The summed E-state index contributed by atoms with van der Waals surface area (Å²) in [6, 6.07) is 63.7. The third kappa shape index (κ3) is 6.50. The largest absolute Gasteiger partial charge is 0.308 e. The molecular weight excluding hydrogens is 711 g/mol. The Morgan fingerprint density at radius 1 is 0.552 bits per heavy atom. The number of fused-ring (bicyclic) bond motifs is 1. The van der Waals surface area contributed by atoms with Crippen molar-refractivity contribution in [3.63, 3.8) is 0 Å². The summed E-state index contributed by atoms with van der Waals surface area (Å²) in [6.45, 7) is 6.98. The van der Waals surface area contributed by atoms with Gasteiger partial charge in [-0.3, -0.25) is 0 Å². The van der Waals surface area contributed by atoms with Gasteiger partial charge in [0, 0.05) is 23.3 Å². The van der Waals surface area contributed by atoms with E-state index < -0.39 is 5.54 Å². The average molecular weight is 754 g/mol. The SMILES string of the molecule is CCc1nc2c(C)cc(C)nc2n1Cc1ccc(C(=C(c2ccccc2)c2nnnn2C(c2ccccc2)(c2ccccc2)c2ccccc2)c2ccccc2)cc1. The van der Waals surface area contributed by atoms with Crippen molar-refractivity contribution in [3.05, 3.63) is 244 Å². The lowest BCUT2D eigenvalue weighted by atomic mass is 9.76. The highest BCUT2D eigenvalue weighted by atomic mass is 15.6. The van der Waals surface area contributed by atoms with Crippen LogP contribution in [0.15, 0.2) is 182 Å². The molecule has 0 aliphatic heterocycles. The average Bonchev–Trinajstić information content (AvgIpc) is 3.90. The number of hydrogen-bond donors (Lipinski definition) is 0. The van der Waals surface area contributed by atoms with Crippen LogP contribution in [0.4, 0.5) is 0 Å². The van der Waals surface area contributed by atoms with E-state index in [4.69, 9.17) is 20.3 Å². The lowest BCUT2D eigenvalue weighted by molar-refractivity contribution is 0.442. The van der Waals surface area contributed by atoms with Crippen LogP contribution in [0.2, 0.25) is 0 Å². The molecule has 9 aromatic rings. The summed E-state index contributed by atoms with van der Waals surface area (Å²) >= 11 is 0. The molecule has 58 heavy (non-hydrogen) atoms. The third-order valence-corrected chi connectivity index (χ3v) is 11.0. The van der Waals surface area contributed by atoms with E-state index in [0.717, 1.165) is 84.8 Å². The van der Waals surface area contributed by atoms with Crippen molar-refractivity contribution in [1.82, 2.24) is 34.7 Å². The molecule has 3 heterocycles. The maximum absolute atomic E-state index is 5.00. The molecule has 0 radical (unpaired) electrons. The van der Waals surface area contributed by atoms with Gasteiger partial charge in [0.2, 0.25) is 0 Å². The first kappa shape index (κ1) is 36.4. The molecule has 0 atom stereocenters. The van der Waals surface area contributed by atoms with Gasteiger partial charge < -0.3 is 4.57 Å². The van der Waals surface area contributed by atoms with Gasteiger partial charge in [0.15, 0.2) is 11.5 Å². The zero-order valence-electron chi connectivity index (χ0n) is 32.9. The van der Waals surface area contributed by atoms with Crippen molar-refractivity contribution in [1.29, 1.82) is 0 Å². The first-order chi connectivity index (χ1) is 28.6. The molecule has 7 nitrogen and oxygen atoms in total. The molecule has 0 spiro atoms. The Morgan fingerprint density at radius 3 is 1.55 bits per heavy atom. The Hall–Kier alpha value is -7.25. The van der Waals surface area contributed by atoms with Crippen molar-refractivity contribution in [2.24, 2.45) is 0 Å². The van der Waals surface area contributed by atoms with Crippen molar-refractivity contribution in [2.45, 2.75) is 39.3 Å². The van der Waals surface area contributed by atoms with Gasteiger partial charge in [-0.25, -0.2) is 14.6 Å². The number of tetrazole rings is 1. The van der Waals surface area contributed by atoms with E-state index in [1.54, 1.807) is 0 Å². The predicted molar refractivity (Wildman–Crippen MR) is 232 cm³/mol. The van der Waals surface area contributed by atoms with Crippen LogP contribution in [-0.2, 0) is 18.5 Å². The maximum Gasteiger partial charge on any atom is 0.184 e. The number of aryl methyl sites for hydroxylation is 3. The lowest BCUT2D eigenvalue weighted by Crippen LogP contribution is -2.40. The van der Waals surface area contributed by atoms with Crippen LogP contribution >= 0.6 is 0 Å². The predicted octanol–water partition coefficient (Wildman–Crippen LogP) is 10.5. The molecule has 9 rings (SSSR count). The fourth-order valence-corrected chi connectivity index (χ4v) is 8.37. The zero-order chi connectivity index (χ0) is 39.5. The van der Waals surface area contributed by atoms with Gasteiger partial charge in [0.05, 0.1) is 6.54 Å². The first-order valence-corrected chi connectivity index (χ1v) is 19.8. The minimum absolute atomic E-state index is 0.639. The van der Waals surface area contributed by atoms with Crippen molar-refractivity contribution < 1.29 is 0 Å². The summed E-state index contributed by atoms with van der Waals surface area (Å²) in [5.41, 5.74) is 12.4. The highest BCUT2D eigenvalue weighted by molar-refractivity contribution is 6.03. The minimum atomic E-state index is -0.927. The number of imidazole rings is 1. The molecule has 0 N–H and O–H groups in total. The summed E-state index contributed by atoms with van der Waals surface area (Å²) in [5, 5.41) is 14.4. The van der Waals surface area contributed by atoms with E-state index in [2.05, 4.69) is 181 Å². The van der Waals surface area contributed by atoms with E-state index in [9.17, 15) is 0 Å². The molecule has 0 aliphatic carbocycles.